The van der Waals surface area contributed by atoms with E-state index in [0.717, 1.165) is 50.5 Å². The summed E-state index contributed by atoms with van der Waals surface area (Å²) in [7, 11) is 0. The van der Waals surface area contributed by atoms with E-state index in [2.05, 4.69) is 53.7 Å². The summed E-state index contributed by atoms with van der Waals surface area (Å²) < 4.78 is 1.91. The predicted molar refractivity (Wildman–Crippen MR) is 148 cm³/mol. The fraction of sp³-hybridized carbons (Fsp3) is 0.321. The Hall–Kier alpha value is -4.65. The fourth-order valence-corrected chi connectivity index (χ4v) is 4.70. The molecule has 4 heterocycles. The number of piperidine rings is 1. The van der Waals surface area contributed by atoms with Crippen LogP contribution in [-0.4, -0.2) is 61.0 Å². The molecule has 1 saturated heterocycles. The normalized spacial score (nSPS) is 13.7. The van der Waals surface area contributed by atoms with Crippen molar-refractivity contribution >= 4 is 17.3 Å². The van der Waals surface area contributed by atoms with Crippen LogP contribution in [0.3, 0.4) is 0 Å². The van der Waals surface area contributed by atoms with Crippen LogP contribution in [0.4, 0.5) is 17.3 Å². The maximum Gasteiger partial charge on any atom is 0.206 e. The van der Waals surface area contributed by atoms with Crippen LogP contribution in [0.25, 0.3) is 11.3 Å². The van der Waals surface area contributed by atoms with Crippen LogP contribution >= 0.6 is 0 Å². The van der Waals surface area contributed by atoms with E-state index in [0.29, 0.717) is 35.4 Å². The number of anilines is 3. The fourth-order valence-electron chi connectivity index (χ4n) is 4.70. The molecule has 3 N–H and O–H groups in total. The van der Waals surface area contributed by atoms with Crippen molar-refractivity contribution in [3.63, 3.8) is 0 Å². The molecule has 5 rings (SSSR count). The number of nitrogens with two attached hydrogens (primary N) is 1. The van der Waals surface area contributed by atoms with Gasteiger partial charge in [0.05, 0.1) is 24.3 Å². The van der Waals surface area contributed by atoms with Crippen molar-refractivity contribution in [1.82, 2.24) is 29.7 Å². The molecule has 0 radical (unpaired) electrons. The van der Waals surface area contributed by atoms with Crippen molar-refractivity contribution in [2.45, 2.75) is 26.3 Å². The van der Waals surface area contributed by atoms with Crippen LogP contribution < -0.4 is 15.5 Å². The highest BCUT2D eigenvalue weighted by Gasteiger charge is 2.24. The Labute approximate surface area is 222 Å². The molecule has 0 atom stereocenters. The molecule has 0 amide bonds. The first kappa shape index (κ1) is 25.0. The predicted octanol–water partition coefficient (Wildman–Crippen LogP) is 3.21. The van der Waals surface area contributed by atoms with E-state index >= 15 is 0 Å². The van der Waals surface area contributed by atoms with E-state index in [1.165, 1.54) is 0 Å². The molecule has 0 bridgehead atoms. The van der Waals surface area contributed by atoms with Crippen molar-refractivity contribution < 1.29 is 5.11 Å². The van der Waals surface area contributed by atoms with Gasteiger partial charge >= 0.3 is 0 Å². The summed E-state index contributed by atoms with van der Waals surface area (Å²) in [6.45, 7) is 6.16. The second-order valence-corrected chi connectivity index (χ2v) is 9.26. The van der Waals surface area contributed by atoms with E-state index in [1.54, 1.807) is 30.9 Å². The van der Waals surface area contributed by atoms with Crippen molar-refractivity contribution in [3.8, 4) is 28.8 Å². The standard InChI is InChI=1S/C28H31N9O/c1-2-36(24-18-23(33-34-28(24)29)22-6-3-4-7-25(22)38)19-21-10-15-37(16-11-21)27-9-12-31-26(32-27)8-5-14-35-17-13-30-20-35/h3-4,6-7,9,12-13,17-18,20-21,38H,2,10-11,14-16,19H2,1H3,(H2,29,34). The average Bonchev–Trinajstić information content (AvgIpc) is 3.47. The lowest BCUT2D eigenvalue weighted by atomic mass is 9.96. The number of hydrogen-bond acceptors (Lipinski definition) is 9. The minimum atomic E-state index is 0.171. The molecule has 10 nitrogen and oxygen atoms in total. The molecule has 1 fully saturated rings. The highest BCUT2D eigenvalue weighted by molar-refractivity contribution is 5.74. The summed E-state index contributed by atoms with van der Waals surface area (Å²) >= 11 is 0. The summed E-state index contributed by atoms with van der Waals surface area (Å²) in [4.78, 5) is 17.6. The van der Waals surface area contributed by atoms with Crippen molar-refractivity contribution in [1.29, 1.82) is 0 Å². The molecular formula is C28H31N9O. The molecule has 38 heavy (non-hydrogen) atoms. The SMILES string of the molecule is CCN(CC1CCN(c2ccnc(C#CCn3ccnc3)n2)CC1)c1cc(-c2ccccc2O)nnc1N. The second kappa shape index (κ2) is 11.6. The Morgan fingerprint density at radius 1 is 1.13 bits per heavy atom. The van der Waals surface area contributed by atoms with Crippen LogP contribution in [0.15, 0.2) is 61.3 Å². The van der Waals surface area contributed by atoms with Gasteiger partial charge in [-0.1, -0.05) is 18.1 Å². The van der Waals surface area contributed by atoms with Crippen LogP contribution in [0.2, 0.25) is 0 Å². The number of para-hydroxylation sites is 1. The van der Waals surface area contributed by atoms with Gasteiger partial charge in [0, 0.05) is 50.3 Å². The monoisotopic (exact) mass is 509 g/mol. The molecule has 0 saturated carbocycles. The van der Waals surface area contributed by atoms with Crippen LogP contribution in [-0.2, 0) is 6.54 Å². The third-order valence-corrected chi connectivity index (χ3v) is 6.78. The van der Waals surface area contributed by atoms with Gasteiger partial charge in [0.15, 0.2) is 5.82 Å². The third kappa shape index (κ3) is 5.83. The molecule has 1 aliphatic heterocycles. The first-order valence-corrected chi connectivity index (χ1v) is 12.8. The maximum atomic E-state index is 10.3. The van der Waals surface area contributed by atoms with Gasteiger partial charge in [0.25, 0.3) is 0 Å². The molecule has 0 spiro atoms. The molecule has 194 valence electrons. The smallest absolute Gasteiger partial charge is 0.206 e. The number of phenolic OH excluding ortho intramolecular Hbond substituents is 1. The maximum absolute atomic E-state index is 10.3. The summed E-state index contributed by atoms with van der Waals surface area (Å²) in [5, 5.41) is 18.7. The number of nitrogen functional groups attached to an aromatic ring is 1. The molecule has 0 unspecified atom stereocenters. The topological polar surface area (TPSA) is 122 Å². The van der Waals surface area contributed by atoms with Gasteiger partial charge in [-0.05, 0) is 55.9 Å². The van der Waals surface area contributed by atoms with Gasteiger partial charge in [-0.25, -0.2) is 15.0 Å². The zero-order valence-corrected chi connectivity index (χ0v) is 21.4. The zero-order chi connectivity index (χ0) is 26.3. The number of imidazole rings is 1. The molecule has 3 aromatic heterocycles. The quantitative estimate of drug-likeness (QED) is 0.362. The number of aromatic hydroxyl groups is 1. The van der Waals surface area contributed by atoms with Crippen molar-refractivity contribution in [2.75, 3.05) is 41.7 Å². The Kier molecular flexibility index (Phi) is 7.64. The summed E-state index contributed by atoms with van der Waals surface area (Å²) in [5.74, 6) is 8.66. The molecule has 0 aliphatic carbocycles. The summed E-state index contributed by atoms with van der Waals surface area (Å²) in [6.07, 6.45) is 9.19. The van der Waals surface area contributed by atoms with Crippen LogP contribution in [0, 0.1) is 17.8 Å². The lowest BCUT2D eigenvalue weighted by Crippen LogP contribution is -2.39. The van der Waals surface area contributed by atoms with Crippen LogP contribution in [0.1, 0.15) is 25.6 Å². The largest absolute Gasteiger partial charge is 0.507 e. The van der Waals surface area contributed by atoms with E-state index in [1.807, 2.05) is 35.0 Å². The second-order valence-electron chi connectivity index (χ2n) is 9.26. The highest BCUT2D eigenvalue weighted by Crippen LogP contribution is 2.32. The van der Waals surface area contributed by atoms with Crippen molar-refractivity contribution in [3.05, 3.63) is 67.1 Å². The van der Waals surface area contributed by atoms with Crippen molar-refractivity contribution in [2.24, 2.45) is 5.92 Å². The number of phenols is 1. The number of rotatable bonds is 7. The molecular weight excluding hydrogens is 478 g/mol. The average molecular weight is 510 g/mol. The third-order valence-electron chi connectivity index (χ3n) is 6.78. The first-order valence-electron chi connectivity index (χ1n) is 12.8. The Morgan fingerprint density at radius 3 is 2.74 bits per heavy atom. The van der Waals surface area contributed by atoms with Gasteiger partial charge in [0.1, 0.15) is 11.6 Å². The molecule has 1 aromatic carbocycles. The van der Waals surface area contributed by atoms with E-state index in [4.69, 9.17) is 5.73 Å². The minimum Gasteiger partial charge on any atom is -0.507 e. The Balaban J connectivity index is 1.21. The van der Waals surface area contributed by atoms with Gasteiger partial charge in [0.2, 0.25) is 5.82 Å². The number of nitrogens with zero attached hydrogens (tertiary/aromatic N) is 8. The first-order chi connectivity index (χ1) is 18.6. The number of benzene rings is 1. The number of hydrogen-bond donors (Lipinski definition) is 2. The van der Waals surface area contributed by atoms with Crippen LogP contribution in [0.5, 0.6) is 5.75 Å². The lowest BCUT2D eigenvalue weighted by Gasteiger charge is -2.36. The van der Waals surface area contributed by atoms with Gasteiger partial charge in [-0.3, -0.25) is 0 Å². The molecule has 1 aliphatic rings. The van der Waals surface area contributed by atoms with Gasteiger partial charge in [-0.2, -0.15) is 0 Å². The minimum absolute atomic E-state index is 0.171. The lowest BCUT2D eigenvalue weighted by molar-refractivity contribution is 0.403. The Bertz CT molecular complexity index is 1420. The summed E-state index contributed by atoms with van der Waals surface area (Å²) in [5.41, 5.74) is 8.34. The van der Waals surface area contributed by atoms with Gasteiger partial charge < -0.3 is 25.2 Å². The molecule has 10 heteroatoms. The summed E-state index contributed by atoms with van der Waals surface area (Å²) in [6, 6.07) is 11.0. The highest BCUT2D eigenvalue weighted by atomic mass is 16.3. The van der Waals surface area contributed by atoms with Gasteiger partial charge in [-0.15, -0.1) is 10.2 Å². The van der Waals surface area contributed by atoms with E-state index in [9.17, 15) is 5.11 Å². The van der Waals surface area contributed by atoms with E-state index < -0.39 is 0 Å². The zero-order valence-electron chi connectivity index (χ0n) is 21.4. The Morgan fingerprint density at radius 2 is 1.97 bits per heavy atom. The number of aromatic nitrogens is 6. The van der Waals surface area contributed by atoms with E-state index in [-0.39, 0.29) is 5.75 Å². The molecule has 4 aromatic rings.